The Morgan fingerprint density at radius 1 is 1.03 bits per heavy atom. The summed E-state index contributed by atoms with van der Waals surface area (Å²) in [5, 5.41) is 11.1. The minimum Gasteiger partial charge on any atom is -0.391 e. The lowest BCUT2D eigenvalue weighted by molar-refractivity contribution is 0.167. The Morgan fingerprint density at radius 2 is 1.72 bits per heavy atom. The van der Waals surface area contributed by atoms with Crippen molar-refractivity contribution in [3.8, 4) is 0 Å². The van der Waals surface area contributed by atoms with Gasteiger partial charge in [-0.2, -0.15) is 14.3 Å². The van der Waals surface area contributed by atoms with Gasteiger partial charge in [0, 0.05) is 13.1 Å². The maximum atomic E-state index is 13.2. The number of aliphatic hydroxyl groups is 1. The van der Waals surface area contributed by atoms with E-state index in [1.165, 1.54) is 22.5 Å². The maximum Gasteiger partial charge on any atom is 0.368 e. The van der Waals surface area contributed by atoms with Crippen LogP contribution < -0.4 is 10.7 Å². The largest absolute Gasteiger partial charge is 0.391 e. The molecule has 1 aliphatic rings. The second kappa shape index (κ2) is 8.94. The van der Waals surface area contributed by atoms with Crippen molar-refractivity contribution >= 4 is 16.1 Å². The van der Waals surface area contributed by atoms with Crippen molar-refractivity contribution in [1.29, 1.82) is 0 Å². The van der Waals surface area contributed by atoms with Crippen LogP contribution in [0.15, 0.2) is 63.4 Å². The van der Waals surface area contributed by atoms with Gasteiger partial charge in [0.2, 0.25) is 10.0 Å². The molecule has 2 amide bonds. The van der Waals surface area contributed by atoms with E-state index in [-0.39, 0.29) is 29.3 Å². The third kappa shape index (κ3) is 5.35. The molecule has 0 saturated heterocycles. The van der Waals surface area contributed by atoms with Crippen LogP contribution in [0.25, 0.3) is 0 Å². The molecule has 1 heterocycles. The Balaban J connectivity index is 1.78. The predicted octanol–water partition coefficient (Wildman–Crippen LogP) is 1.51. The number of amides is 2. The number of aliphatic hydroxyl groups excluding tert-OH is 1. The normalized spacial score (nSPS) is 14.6. The Morgan fingerprint density at radius 3 is 2.41 bits per heavy atom. The highest BCUT2D eigenvalue weighted by molar-refractivity contribution is 7.89. The minimum atomic E-state index is -3.87. The van der Waals surface area contributed by atoms with Crippen LogP contribution >= 0.6 is 0 Å². The van der Waals surface area contributed by atoms with Gasteiger partial charge in [0.1, 0.15) is 0 Å². The second-order valence-electron chi connectivity index (χ2n) is 7.37. The Hall–Kier alpha value is -2.42. The number of urea groups is 1. The van der Waals surface area contributed by atoms with Crippen LogP contribution in [0.4, 0.5) is 4.79 Å². The molecule has 8 heteroatoms. The van der Waals surface area contributed by atoms with Gasteiger partial charge in [-0.1, -0.05) is 44.2 Å². The maximum absolute atomic E-state index is 13.2. The van der Waals surface area contributed by atoms with Gasteiger partial charge in [-0.15, -0.1) is 0 Å². The predicted molar refractivity (Wildman–Crippen MR) is 108 cm³/mol. The average Bonchev–Trinajstić information content (AvgIpc) is 3.05. The smallest absolute Gasteiger partial charge is 0.368 e. The van der Waals surface area contributed by atoms with Crippen molar-refractivity contribution in [2.45, 2.75) is 31.3 Å². The monoisotopic (exact) mass is 414 g/mol. The summed E-state index contributed by atoms with van der Waals surface area (Å²) in [5.41, 5.74) is 1.04. The van der Waals surface area contributed by atoms with Gasteiger partial charge in [0.15, 0.2) is 0 Å². The van der Waals surface area contributed by atoms with Gasteiger partial charge in [-0.3, -0.25) is 0 Å². The van der Waals surface area contributed by atoms with Crippen molar-refractivity contribution in [2.75, 3.05) is 13.1 Å². The van der Waals surface area contributed by atoms with E-state index in [0.717, 1.165) is 5.56 Å². The van der Waals surface area contributed by atoms with Gasteiger partial charge >= 0.3 is 6.03 Å². The number of benzene rings is 2. The third-order valence-electron chi connectivity index (χ3n) is 4.44. The zero-order valence-corrected chi connectivity index (χ0v) is 17.2. The topological polar surface area (TPSA) is 99.4 Å². The fourth-order valence-electron chi connectivity index (χ4n) is 3.08. The molecule has 0 aliphatic carbocycles. The molecule has 1 aliphatic heterocycles. The van der Waals surface area contributed by atoms with Crippen LogP contribution in [-0.2, 0) is 16.4 Å². The van der Waals surface area contributed by atoms with Gasteiger partial charge < -0.3 is 5.11 Å². The van der Waals surface area contributed by atoms with Crippen molar-refractivity contribution in [2.24, 2.45) is 15.9 Å². The van der Waals surface area contributed by atoms with E-state index < -0.39 is 22.2 Å². The van der Waals surface area contributed by atoms with Crippen LogP contribution in [0, 0.1) is 12.3 Å². The van der Waals surface area contributed by atoms with Gasteiger partial charge in [0.05, 0.1) is 21.7 Å². The van der Waals surface area contributed by atoms with E-state index in [9.17, 15) is 18.3 Å². The second-order valence-corrected chi connectivity index (χ2v) is 9.30. The van der Waals surface area contributed by atoms with E-state index in [0.29, 0.717) is 11.8 Å². The molecule has 0 bridgehead atoms. The first-order chi connectivity index (χ1) is 13.8. The van der Waals surface area contributed by atoms with E-state index in [2.05, 4.69) is 9.98 Å². The number of carbonyl (C=O) groups is 1. The number of hydrogen-bond acceptors (Lipinski definition) is 4. The summed E-state index contributed by atoms with van der Waals surface area (Å²) in [4.78, 5) is 18.8. The molecule has 0 saturated carbocycles. The zero-order valence-electron chi connectivity index (χ0n) is 16.4. The highest BCUT2D eigenvalue weighted by Gasteiger charge is 2.28. The molecule has 0 aromatic heterocycles. The molecule has 1 N–H and O–H groups in total. The first-order valence-electron chi connectivity index (χ1n) is 9.42. The Bertz CT molecular complexity index is 1100. The van der Waals surface area contributed by atoms with Gasteiger partial charge in [0.25, 0.3) is 0 Å². The molecule has 0 fully saturated rings. The first kappa shape index (κ1) is 21.3. The van der Waals surface area contributed by atoms with Crippen molar-refractivity contribution in [1.82, 2.24) is 4.31 Å². The summed E-state index contributed by atoms with van der Waals surface area (Å²) in [6.45, 7) is 4.04. The van der Waals surface area contributed by atoms with Crippen LogP contribution in [0.1, 0.15) is 19.4 Å². The molecule has 7 nitrogen and oxygen atoms in total. The van der Waals surface area contributed by atoms with E-state index in [1.807, 2.05) is 44.2 Å². The van der Waals surface area contributed by atoms with Crippen LogP contribution in [-0.4, -0.2) is 43.1 Å². The van der Waals surface area contributed by atoms with Gasteiger partial charge in [-0.05, 0) is 42.5 Å². The first-order valence-corrected chi connectivity index (χ1v) is 10.9. The molecule has 1 atom stereocenters. The molecular weight excluding hydrogens is 390 g/mol. The van der Waals surface area contributed by atoms with Gasteiger partial charge in [-0.25, -0.2) is 13.2 Å². The average molecular weight is 415 g/mol. The highest BCUT2D eigenvalue weighted by atomic mass is 32.2. The lowest BCUT2D eigenvalue weighted by atomic mass is 10.1. The molecule has 3 rings (SSSR count). The lowest BCUT2D eigenvalue weighted by Gasteiger charge is -2.26. The van der Waals surface area contributed by atoms with E-state index in [4.69, 9.17) is 0 Å². The molecule has 0 spiro atoms. The molecule has 153 valence electrons. The summed E-state index contributed by atoms with van der Waals surface area (Å²) < 4.78 is 27.7. The summed E-state index contributed by atoms with van der Waals surface area (Å²) in [6, 6.07) is 13.3. The number of nitrogens with zero attached hydrogens (tertiary/aromatic N) is 3. The standard InChI is InChI=1S/C21H24N3O4S/c1-15(2)13-24(14-17(25)9-8-16-6-4-3-5-7-16)29(27,28)18-10-11-19-20(12-18)23-21(26)22-19/h3-7,9-12,15,17,25H,8,13-14H2,1-2H3/t17-/m1/s1. The SMILES string of the molecule is CC(C)CN(C[C@H](O)[CH]Cc1ccccc1)S(=O)(=O)c1ccc2c(c1)=NC(=O)N=2. The number of fused-ring (bicyclic) bond motifs is 1. The Kier molecular flexibility index (Phi) is 6.56. The summed E-state index contributed by atoms with van der Waals surface area (Å²) in [6.07, 6.45) is 1.33. The molecular formula is C21H24N3O4S. The fraction of sp³-hybridized carbons (Fsp3) is 0.333. The highest BCUT2D eigenvalue weighted by Crippen LogP contribution is 2.17. The minimum absolute atomic E-state index is 0.0285. The number of rotatable bonds is 9. The van der Waals surface area contributed by atoms with Crippen molar-refractivity contribution < 1.29 is 18.3 Å². The molecule has 2 aromatic carbocycles. The molecule has 2 aromatic rings. The summed E-state index contributed by atoms with van der Waals surface area (Å²) >= 11 is 0. The van der Waals surface area contributed by atoms with Crippen molar-refractivity contribution in [3.63, 3.8) is 0 Å². The van der Waals surface area contributed by atoms with Crippen molar-refractivity contribution in [3.05, 3.63) is 71.2 Å². The van der Waals surface area contributed by atoms with Crippen LogP contribution in [0.5, 0.6) is 0 Å². The summed E-state index contributed by atoms with van der Waals surface area (Å²) in [5.74, 6) is 0.0711. The molecule has 1 radical (unpaired) electrons. The third-order valence-corrected chi connectivity index (χ3v) is 6.27. The zero-order chi connectivity index (χ0) is 21.0. The van der Waals surface area contributed by atoms with E-state index in [1.54, 1.807) is 6.42 Å². The molecule has 29 heavy (non-hydrogen) atoms. The van der Waals surface area contributed by atoms with Crippen LogP contribution in [0.3, 0.4) is 0 Å². The van der Waals surface area contributed by atoms with Crippen LogP contribution in [0.2, 0.25) is 0 Å². The number of sulfonamides is 1. The lowest BCUT2D eigenvalue weighted by Crippen LogP contribution is -2.40. The summed E-state index contributed by atoms with van der Waals surface area (Å²) in [7, 11) is -3.87. The number of carbonyl (C=O) groups excluding carboxylic acids is 1. The molecule has 0 unspecified atom stereocenters. The van der Waals surface area contributed by atoms with E-state index >= 15 is 0 Å². The Labute approximate surface area is 170 Å². The quantitative estimate of drug-likeness (QED) is 0.672. The number of hydrogen-bond donors (Lipinski definition) is 1. The fourth-order valence-corrected chi connectivity index (χ4v) is 4.72.